The Morgan fingerprint density at radius 2 is 1.88 bits per heavy atom. The lowest BCUT2D eigenvalue weighted by Gasteiger charge is -2.24. The second-order valence-electron chi connectivity index (χ2n) is 4.63. The Hall–Kier alpha value is -1.57. The Balaban J connectivity index is 2.78. The van der Waals surface area contributed by atoms with Crippen molar-refractivity contribution in [2.75, 3.05) is 6.54 Å². The zero-order valence-electron chi connectivity index (χ0n) is 10.2. The summed E-state index contributed by atoms with van der Waals surface area (Å²) in [6.45, 7) is 10.1. The van der Waals surface area contributed by atoms with Crippen molar-refractivity contribution >= 4 is 5.91 Å². The fourth-order valence-electron chi connectivity index (χ4n) is 1.44. The summed E-state index contributed by atoms with van der Waals surface area (Å²) >= 11 is 0. The van der Waals surface area contributed by atoms with Crippen LogP contribution < -0.4 is 5.32 Å². The van der Waals surface area contributed by atoms with Crippen molar-refractivity contribution in [3.63, 3.8) is 0 Å². The SMILES string of the molecule is C=C(C)CNC(=O)C(C)(C)c1ccccc1. The monoisotopic (exact) mass is 217 g/mol. The molecule has 1 aromatic rings. The number of carbonyl (C=O) groups is 1. The molecule has 2 heteroatoms. The molecule has 86 valence electrons. The third-order valence-electron chi connectivity index (χ3n) is 2.61. The number of hydrogen-bond donors (Lipinski definition) is 1. The number of carbonyl (C=O) groups excluding carboxylic acids is 1. The average molecular weight is 217 g/mol. The zero-order valence-corrected chi connectivity index (χ0v) is 10.2. The third-order valence-corrected chi connectivity index (χ3v) is 2.61. The minimum absolute atomic E-state index is 0.0294. The summed E-state index contributed by atoms with van der Waals surface area (Å²) in [5, 5.41) is 2.88. The highest BCUT2D eigenvalue weighted by atomic mass is 16.2. The molecule has 0 heterocycles. The Morgan fingerprint density at radius 1 is 1.31 bits per heavy atom. The largest absolute Gasteiger partial charge is 0.352 e. The van der Waals surface area contributed by atoms with E-state index in [0.29, 0.717) is 6.54 Å². The van der Waals surface area contributed by atoms with Crippen LogP contribution in [-0.2, 0) is 10.2 Å². The minimum atomic E-state index is -0.503. The van der Waals surface area contributed by atoms with Crippen LogP contribution in [0.2, 0.25) is 0 Å². The lowest BCUT2D eigenvalue weighted by molar-refractivity contribution is -0.125. The van der Waals surface area contributed by atoms with Gasteiger partial charge in [0, 0.05) is 6.54 Å². The fraction of sp³-hybridized carbons (Fsp3) is 0.357. The maximum absolute atomic E-state index is 12.0. The van der Waals surface area contributed by atoms with Gasteiger partial charge in [-0.2, -0.15) is 0 Å². The number of amides is 1. The van der Waals surface area contributed by atoms with Crippen LogP contribution in [0.4, 0.5) is 0 Å². The van der Waals surface area contributed by atoms with Crippen LogP contribution in [0.15, 0.2) is 42.5 Å². The molecule has 0 atom stereocenters. The summed E-state index contributed by atoms with van der Waals surface area (Å²) in [7, 11) is 0. The molecule has 1 rings (SSSR count). The first-order chi connectivity index (χ1) is 7.44. The Labute approximate surface area is 97.4 Å². The number of nitrogens with one attached hydrogen (secondary N) is 1. The predicted molar refractivity (Wildman–Crippen MR) is 67.3 cm³/mol. The van der Waals surface area contributed by atoms with Crippen molar-refractivity contribution in [2.45, 2.75) is 26.2 Å². The molecule has 16 heavy (non-hydrogen) atoms. The van der Waals surface area contributed by atoms with Crippen molar-refractivity contribution < 1.29 is 4.79 Å². The highest BCUT2D eigenvalue weighted by Gasteiger charge is 2.28. The van der Waals surface area contributed by atoms with Crippen LogP contribution in [-0.4, -0.2) is 12.5 Å². The van der Waals surface area contributed by atoms with Crippen molar-refractivity contribution in [3.8, 4) is 0 Å². The van der Waals surface area contributed by atoms with Crippen LogP contribution in [0.3, 0.4) is 0 Å². The normalized spacial score (nSPS) is 10.9. The van der Waals surface area contributed by atoms with E-state index in [2.05, 4.69) is 11.9 Å². The molecule has 0 aliphatic carbocycles. The predicted octanol–water partition coefficient (Wildman–Crippen LogP) is 2.66. The van der Waals surface area contributed by atoms with E-state index in [4.69, 9.17) is 0 Å². The van der Waals surface area contributed by atoms with Gasteiger partial charge in [0.1, 0.15) is 0 Å². The maximum atomic E-state index is 12.0. The van der Waals surface area contributed by atoms with Gasteiger partial charge in [0.25, 0.3) is 0 Å². The van der Waals surface area contributed by atoms with E-state index in [1.807, 2.05) is 51.1 Å². The Kier molecular flexibility index (Phi) is 3.88. The zero-order chi connectivity index (χ0) is 12.2. The first kappa shape index (κ1) is 12.5. The van der Waals surface area contributed by atoms with Crippen molar-refractivity contribution in [2.24, 2.45) is 0 Å². The lowest BCUT2D eigenvalue weighted by atomic mass is 9.84. The van der Waals surface area contributed by atoms with E-state index in [-0.39, 0.29) is 5.91 Å². The molecule has 0 saturated carbocycles. The van der Waals surface area contributed by atoms with Gasteiger partial charge in [0.15, 0.2) is 0 Å². The molecule has 0 unspecified atom stereocenters. The highest BCUT2D eigenvalue weighted by Crippen LogP contribution is 2.22. The van der Waals surface area contributed by atoms with Gasteiger partial charge in [0.2, 0.25) is 5.91 Å². The first-order valence-corrected chi connectivity index (χ1v) is 5.43. The minimum Gasteiger partial charge on any atom is -0.352 e. The molecule has 0 spiro atoms. The van der Waals surface area contributed by atoms with Gasteiger partial charge in [0.05, 0.1) is 5.41 Å². The van der Waals surface area contributed by atoms with E-state index in [1.54, 1.807) is 0 Å². The van der Waals surface area contributed by atoms with Gasteiger partial charge in [-0.3, -0.25) is 4.79 Å². The molecule has 0 aliphatic rings. The summed E-state index contributed by atoms with van der Waals surface area (Å²) in [6.07, 6.45) is 0. The topological polar surface area (TPSA) is 29.1 Å². The Morgan fingerprint density at radius 3 is 2.38 bits per heavy atom. The summed E-state index contributed by atoms with van der Waals surface area (Å²) in [6, 6.07) is 9.79. The second kappa shape index (κ2) is 4.97. The molecule has 1 aromatic carbocycles. The first-order valence-electron chi connectivity index (χ1n) is 5.43. The summed E-state index contributed by atoms with van der Waals surface area (Å²) < 4.78 is 0. The van der Waals surface area contributed by atoms with E-state index >= 15 is 0 Å². The molecular weight excluding hydrogens is 198 g/mol. The van der Waals surface area contributed by atoms with Crippen LogP contribution in [0.25, 0.3) is 0 Å². The van der Waals surface area contributed by atoms with Crippen LogP contribution in [0.5, 0.6) is 0 Å². The van der Waals surface area contributed by atoms with Crippen LogP contribution >= 0.6 is 0 Å². The number of benzene rings is 1. The highest BCUT2D eigenvalue weighted by molar-refractivity contribution is 5.87. The van der Waals surface area contributed by atoms with Crippen molar-refractivity contribution in [1.82, 2.24) is 5.32 Å². The molecule has 0 aliphatic heterocycles. The molecule has 0 fully saturated rings. The van der Waals surface area contributed by atoms with Gasteiger partial charge in [-0.05, 0) is 26.3 Å². The average Bonchev–Trinajstić information content (AvgIpc) is 2.27. The summed E-state index contributed by atoms with van der Waals surface area (Å²) in [4.78, 5) is 12.0. The molecule has 2 nitrogen and oxygen atoms in total. The fourth-order valence-corrected chi connectivity index (χ4v) is 1.44. The van der Waals surface area contributed by atoms with E-state index in [9.17, 15) is 4.79 Å². The number of rotatable bonds is 4. The summed E-state index contributed by atoms with van der Waals surface area (Å²) in [5.41, 5.74) is 1.47. The van der Waals surface area contributed by atoms with Gasteiger partial charge in [-0.25, -0.2) is 0 Å². The molecule has 0 saturated heterocycles. The molecule has 1 N–H and O–H groups in total. The van der Waals surface area contributed by atoms with Crippen LogP contribution in [0.1, 0.15) is 26.3 Å². The van der Waals surface area contributed by atoms with Gasteiger partial charge < -0.3 is 5.32 Å². The lowest BCUT2D eigenvalue weighted by Crippen LogP contribution is -2.40. The van der Waals surface area contributed by atoms with Crippen LogP contribution in [0, 0.1) is 0 Å². The quantitative estimate of drug-likeness (QED) is 0.772. The van der Waals surface area contributed by atoms with E-state index in [1.165, 1.54) is 0 Å². The van der Waals surface area contributed by atoms with Gasteiger partial charge in [-0.1, -0.05) is 42.5 Å². The second-order valence-corrected chi connectivity index (χ2v) is 4.63. The molecule has 1 amide bonds. The van der Waals surface area contributed by atoms with E-state index < -0.39 is 5.41 Å². The third kappa shape index (κ3) is 2.96. The van der Waals surface area contributed by atoms with Crippen molar-refractivity contribution in [1.29, 1.82) is 0 Å². The van der Waals surface area contributed by atoms with Crippen molar-refractivity contribution in [3.05, 3.63) is 48.0 Å². The number of hydrogen-bond acceptors (Lipinski definition) is 1. The molecule has 0 aromatic heterocycles. The van der Waals surface area contributed by atoms with Gasteiger partial charge >= 0.3 is 0 Å². The smallest absolute Gasteiger partial charge is 0.230 e. The van der Waals surface area contributed by atoms with E-state index in [0.717, 1.165) is 11.1 Å². The standard InChI is InChI=1S/C14H19NO/c1-11(2)10-15-13(16)14(3,4)12-8-6-5-7-9-12/h5-9H,1,10H2,2-4H3,(H,15,16). The molecule has 0 radical (unpaired) electrons. The Bertz CT molecular complexity index is 379. The molecular formula is C14H19NO. The molecule has 0 bridgehead atoms. The maximum Gasteiger partial charge on any atom is 0.230 e. The summed E-state index contributed by atoms with van der Waals surface area (Å²) in [5.74, 6) is 0.0294. The van der Waals surface area contributed by atoms with Gasteiger partial charge in [-0.15, -0.1) is 0 Å².